The maximum atomic E-state index is 13.3. The van der Waals surface area contributed by atoms with E-state index in [9.17, 15) is 12.8 Å². The molecule has 0 atom stereocenters. The molecule has 0 spiro atoms. The van der Waals surface area contributed by atoms with Crippen LogP contribution in [0.25, 0.3) is 0 Å². The van der Waals surface area contributed by atoms with Gasteiger partial charge in [-0.1, -0.05) is 11.6 Å². The zero-order valence-electron chi connectivity index (χ0n) is 8.34. The topological polar surface area (TPSA) is 43.4 Å². The molecule has 0 amide bonds. The minimum atomic E-state index is -3.62. The molecule has 0 aliphatic heterocycles. The molecule has 0 N–H and O–H groups in total. The summed E-state index contributed by atoms with van der Waals surface area (Å²) in [6.07, 6.45) is 0.0405. The summed E-state index contributed by atoms with van der Waals surface area (Å²) in [6, 6.07) is 2.61. The van der Waals surface area contributed by atoms with Crippen LogP contribution in [-0.4, -0.2) is 21.3 Å². The van der Waals surface area contributed by atoms with Crippen molar-refractivity contribution < 1.29 is 17.5 Å². The van der Waals surface area contributed by atoms with E-state index in [1.807, 2.05) is 0 Å². The minimum Gasteiger partial charge on any atom is -0.497 e. The second kappa shape index (κ2) is 5.21. The minimum absolute atomic E-state index is 0.0405. The molecular weight excluding hydrogens is 278 g/mol. The van der Waals surface area contributed by atoms with Crippen LogP contribution in [0.3, 0.4) is 0 Å². The first-order chi connectivity index (χ1) is 7.33. The average Bonchev–Trinajstić information content (AvgIpc) is 2.18. The summed E-state index contributed by atoms with van der Waals surface area (Å²) in [5, 5.41) is -0.110. The van der Waals surface area contributed by atoms with E-state index in [0.29, 0.717) is 5.56 Å². The summed E-state index contributed by atoms with van der Waals surface area (Å²) in [5.41, 5.74) is 0.350. The predicted octanol–water partition coefficient (Wildman–Crippen LogP) is 2.60. The largest absolute Gasteiger partial charge is 0.497 e. The van der Waals surface area contributed by atoms with Gasteiger partial charge in [0.15, 0.2) is 0 Å². The molecule has 0 bridgehead atoms. The van der Waals surface area contributed by atoms with Crippen LogP contribution in [-0.2, 0) is 15.5 Å². The first-order valence-electron chi connectivity index (χ1n) is 4.27. The Labute approximate surface area is 103 Å². The highest BCUT2D eigenvalue weighted by Gasteiger charge is 2.12. The van der Waals surface area contributed by atoms with Gasteiger partial charge in [-0.2, -0.15) is 0 Å². The van der Waals surface area contributed by atoms with E-state index in [4.69, 9.17) is 27.0 Å². The lowest BCUT2D eigenvalue weighted by Crippen LogP contribution is -2.02. The second-order valence-electron chi connectivity index (χ2n) is 3.08. The number of hydrogen-bond donors (Lipinski definition) is 0. The zero-order valence-corrected chi connectivity index (χ0v) is 10.7. The van der Waals surface area contributed by atoms with E-state index >= 15 is 0 Å². The van der Waals surface area contributed by atoms with Gasteiger partial charge in [-0.3, -0.25) is 0 Å². The molecule has 1 rings (SSSR count). The zero-order chi connectivity index (χ0) is 12.3. The van der Waals surface area contributed by atoms with Crippen LogP contribution in [0.5, 0.6) is 5.75 Å². The molecule has 0 aromatic heterocycles. The molecule has 0 aliphatic carbocycles. The van der Waals surface area contributed by atoms with Crippen LogP contribution < -0.4 is 4.74 Å². The lowest BCUT2D eigenvalue weighted by molar-refractivity contribution is 0.410. The molecule has 1 aromatic rings. The lowest BCUT2D eigenvalue weighted by atomic mass is 10.1. The monoisotopic (exact) mass is 286 g/mol. The van der Waals surface area contributed by atoms with Crippen LogP contribution in [0, 0.1) is 5.82 Å². The van der Waals surface area contributed by atoms with Crippen molar-refractivity contribution in [2.45, 2.75) is 6.42 Å². The number of methoxy groups -OCH3 is 1. The van der Waals surface area contributed by atoms with Crippen molar-refractivity contribution in [3.05, 3.63) is 28.5 Å². The van der Waals surface area contributed by atoms with Crippen LogP contribution in [0.15, 0.2) is 12.1 Å². The Morgan fingerprint density at radius 1 is 1.44 bits per heavy atom. The van der Waals surface area contributed by atoms with Crippen molar-refractivity contribution in [2.24, 2.45) is 0 Å². The van der Waals surface area contributed by atoms with Gasteiger partial charge in [-0.15, -0.1) is 0 Å². The van der Waals surface area contributed by atoms with Gasteiger partial charge < -0.3 is 4.74 Å². The molecule has 0 saturated heterocycles. The average molecular weight is 287 g/mol. The Balaban J connectivity index is 2.99. The van der Waals surface area contributed by atoms with Crippen LogP contribution in [0.1, 0.15) is 5.56 Å². The van der Waals surface area contributed by atoms with E-state index in [-0.39, 0.29) is 22.9 Å². The Bertz CT molecular complexity index is 488. The van der Waals surface area contributed by atoms with Crippen LogP contribution >= 0.6 is 22.3 Å². The van der Waals surface area contributed by atoms with Gasteiger partial charge in [0.2, 0.25) is 9.05 Å². The first-order valence-corrected chi connectivity index (χ1v) is 7.13. The maximum Gasteiger partial charge on any atom is 0.232 e. The van der Waals surface area contributed by atoms with Crippen molar-refractivity contribution in [2.75, 3.05) is 12.9 Å². The van der Waals surface area contributed by atoms with E-state index in [1.165, 1.54) is 13.2 Å². The third-order valence-electron chi connectivity index (χ3n) is 1.93. The van der Waals surface area contributed by atoms with Crippen molar-refractivity contribution in [3.63, 3.8) is 0 Å². The Morgan fingerprint density at radius 3 is 2.56 bits per heavy atom. The van der Waals surface area contributed by atoms with Gasteiger partial charge >= 0.3 is 0 Å². The summed E-state index contributed by atoms with van der Waals surface area (Å²) in [6.45, 7) is 0. The van der Waals surface area contributed by atoms with E-state index in [2.05, 4.69) is 0 Å². The standard InChI is InChI=1S/C9H9Cl2FO3S/c1-15-7-4-6(2-3-16(11,13)14)9(10)8(12)5-7/h4-5H,2-3H2,1H3. The summed E-state index contributed by atoms with van der Waals surface area (Å²) in [7, 11) is 2.81. The second-order valence-corrected chi connectivity index (χ2v) is 6.35. The molecule has 0 heterocycles. The number of benzene rings is 1. The van der Waals surface area contributed by atoms with Gasteiger partial charge in [0, 0.05) is 16.7 Å². The Hall–Kier alpha value is -0.520. The molecule has 1 aromatic carbocycles. The fourth-order valence-electron chi connectivity index (χ4n) is 1.15. The molecular formula is C9H9Cl2FO3S. The van der Waals surface area contributed by atoms with Gasteiger partial charge in [0.1, 0.15) is 11.6 Å². The smallest absolute Gasteiger partial charge is 0.232 e. The summed E-state index contributed by atoms with van der Waals surface area (Å²) in [5.74, 6) is -0.673. The number of rotatable bonds is 4. The number of ether oxygens (including phenoxy) is 1. The van der Waals surface area contributed by atoms with Gasteiger partial charge in [-0.25, -0.2) is 12.8 Å². The predicted molar refractivity (Wildman–Crippen MR) is 61.3 cm³/mol. The van der Waals surface area contributed by atoms with E-state index in [0.717, 1.165) is 6.07 Å². The van der Waals surface area contributed by atoms with Gasteiger partial charge in [0.25, 0.3) is 0 Å². The Morgan fingerprint density at radius 2 is 2.06 bits per heavy atom. The maximum absolute atomic E-state index is 13.3. The first kappa shape index (κ1) is 13.5. The third-order valence-corrected chi connectivity index (χ3v) is 3.51. The number of aryl methyl sites for hydroxylation is 1. The molecule has 0 fully saturated rings. The highest BCUT2D eigenvalue weighted by Crippen LogP contribution is 2.26. The van der Waals surface area contributed by atoms with Crippen molar-refractivity contribution in [1.29, 1.82) is 0 Å². The molecule has 7 heteroatoms. The van der Waals surface area contributed by atoms with Crippen LogP contribution in [0.4, 0.5) is 4.39 Å². The quantitative estimate of drug-likeness (QED) is 0.799. The fourth-order valence-corrected chi connectivity index (χ4v) is 2.05. The summed E-state index contributed by atoms with van der Waals surface area (Å²) < 4.78 is 39.6. The molecule has 90 valence electrons. The highest BCUT2D eigenvalue weighted by atomic mass is 35.7. The molecule has 0 aliphatic rings. The van der Waals surface area contributed by atoms with E-state index < -0.39 is 14.9 Å². The highest BCUT2D eigenvalue weighted by molar-refractivity contribution is 8.13. The molecule has 3 nitrogen and oxygen atoms in total. The van der Waals surface area contributed by atoms with E-state index in [1.54, 1.807) is 0 Å². The molecule has 0 unspecified atom stereocenters. The molecule has 0 radical (unpaired) electrons. The van der Waals surface area contributed by atoms with Crippen molar-refractivity contribution >= 4 is 31.3 Å². The Kier molecular flexibility index (Phi) is 4.41. The number of hydrogen-bond acceptors (Lipinski definition) is 3. The van der Waals surface area contributed by atoms with Gasteiger partial charge in [0.05, 0.1) is 17.9 Å². The fraction of sp³-hybridized carbons (Fsp3) is 0.333. The van der Waals surface area contributed by atoms with Crippen molar-refractivity contribution in [3.8, 4) is 5.75 Å². The van der Waals surface area contributed by atoms with Crippen LogP contribution in [0.2, 0.25) is 5.02 Å². The summed E-state index contributed by atoms with van der Waals surface area (Å²) >= 11 is 5.68. The third kappa shape index (κ3) is 3.81. The summed E-state index contributed by atoms with van der Waals surface area (Å²) in [4.78, 5) is 0. The van der Waals surface area contributed by atoms with Gasteiger partial charge in [-0.05, 0) is 18.1 Å². The normalized spacial score (nSPS) is 11.5. The lowest BCUT2D eigenvalue weighted by Gasteiger charge is -2.07. The SMILES string of the molecule is COc1cc(F)c(Cl)c(CCS(=O)(=O)Cl)c1. The molecule has 16 heavy (non-hydrogen) atoms. The number of halogens is 3. The van der Waals surface area contributed by atoms with Crippen molar-refractivity contribution in [1.82, 2.24) is 0 Å². The molecule has 0 saturated carbocycles.